The molecule has 0 aliphatic heterocycles. The average Bonchev–Trinajstić information content (AvgIpc) is 3.22. The number of nitrogens with zero attached hydrogens (tertiary/aromatic N) is 2. The van der Waals surface area contributed by atoms with Gasteiger partial charge < -0.3 is 14.2 Å². The third-order valence-corrected chi connectivity index (χ3v) is 4.71. The van der Waals surface area contributed by atoms with Crippen molar-refractivity contribution in [2.24, 2.45) is 0 Å². The van der Waals surface area contributed by atoms with Crippen molar-refractivity contribution < 1.29 is 13.6 Å². The van der Waals surface area contributed by atoms with Crippen LogP contribution in [0.25, 0.3) is 11.5 Å². The number of carbonyl (C=O) groups excluding carboxylic acids is 1. The van der Waals surface area contributed by atoms with E-state index in [4.69, 9.17) is 20.4 Å². The predicted octanol–water partition coefficient (Wildman–Crippen LogP) is 4.09. The van der Waals surface area contributed by atoms with Gasteiger partial charge in [-0.15, -0.1) is 10.2 Å². The molecule has 0 aliphatic carbocycles. The maximum atomic E-state index is 12.2. The van der Waals surface area contributed by atoms with E-state index in [1.54, 1.807) is 31.4 Å². The lowest BCUT2D eigenvalue weighted by atomic mass is 10.2. The summed E-state index contributed by atoms with van der Waals surface area (Å²) in [5.41, 5.74) is 1.73. The first-order valence-corrected chi connectivity index (χ1v) is 8.85. The van der Waals surface area contributed by atoms with Crippen molar-refractivity contribution in [3.8, 4) is 11.5 Å². The molecule has 3 rings (SSSR count). The van der Waals surface area contributed by atoms with Gasteiger partial charge in [0.15, 0.2) is 0 Å². The van der Waals surface area contributed by atoms with Crippen LogP contribution >= 0.6 is 23.4 Å². The van der Waals surface area contributed by atoms with Crippen molar-refractivity contribution in [2.45, 2.75) is 30.9 Å². The van der Waals surface area contributed by atoms with E-state index in [0.29, 0.717) is 28.4 Å². The van der Waals surface area contributed by atoms with Crippen molar-refractivity contribution in [3.05, 3.63) is 52.9 Å². The molecule has 0 bridgehead atoms. The molecule has 0 saturated carbocycles. The van der Waals surface area contributed by atoms with Gasteiger partial charge in [0, 0.05) is 11.6 Å². The highest BCUT2D eigenvalue weighted by molar-refractivity contribution is 8.00. The Labute approximate surface area is 154 Å². The van der Waals surface area contributed by atoms with Crippen LogP contribution in [-0.4, -0.2) is 21.4 Å². The highest BCUT2D eigenvalue weighted by atomic mass is 35.5. The Morgan fingerprint density at radius 2 is 2.04 bits per heavy atom. The van der Waals surface area contributed by atoms with Gasteiger partial charge in [-0.1, -0.05) is 35.5 Å². The molecule has 1 atom stereocenters. The maximum absolute atomic E-state index is 12.2. The van der Waals surface area contributed by atoms with Crippen LogP contribution in [0.4, 0.5) is 0 Å². The van der Waals surface area contributed by atoms with Crippen molar-refractivity contribution >= 4 is 29.3 Å². The predicted molar refractivity (Wildman–Crippen MR) is 95.4 cm³/mol. The fourth-order valence-electron chi connectivity index (χ4n) is 2.11. The molecular weight excluding hydrogens is 362 g/mol. The number of aryl methyl sites for hydroxylation is 1. The molecule has 0 aliphatic rings. The molecule has 130 valence electrons. The van der Waals surface area contributed by atoms with Crippen molar-refractivity contribution in [1.29, 1.82) is 0 Å². The van der Waals surface area contributed by atoms with Gasteiger partial charge in [0.2, 0.25) is 5.91 Å². The van der Waals surface area contributed by atoms with Gasteiger partial charge >= 0.3 is 0 Å². The molecule has 6 nitrogen and oxygen atoms in total. The number of carbonyl (C=O) groups is 1. The van der Waals surface area contributed by atoms with Crippen LogP contribution in [0, 0.1) is 6.92 Å². The number of hydrogen-bond acceptors (Lipinski definition) is 6. The zero-order chi connectivity index (χ0) is 17.8. The summed E-state index contributed by atoms with van der Waals surface area (Å²) >= 11 is 7.05. The largest absolute Gasteiger partial charge is 0.469 e. The van der Waals surface area contributed by atoms with Gasteiger partial charge in [-0.05, 0) is 37.6 Å². The zero-order valence-corrected chi connectivity index (χ0v) is 15.2. The fraction of sp³-hybridized carbons (Fsp3) is 0.235. The molecule has 1 N–H and O–H groups in total. The Hall–Kier alpha value is -2.25. The van der Waals surface area contributed by atoms with Crippen LogP contribution in [0.5, 0.6) is 0 Å². The number of amides is 1. The Kier molecular flexibility index (Phi) is 5.45. The zero-order valence-electron chi connectivity index (χ0n) is 13.7. The second kappa shape index (κ2) is 7.76. The number of furan rings is 1. The first-order chi connectivity index (χ1) is 12.0. The van der Waals surface area contributed by atoms with Crippen LogP contribution in [0.3, 0.4) is 0 Å². The van der Waals surface area contributed by atoms with Gasteiger partial charge in [-0.2, -0.15) is 0 Å². The summed E-state index contributed by atoms with van der Waals surface area (Å²) in [6.07, 6.45) is 1.56. The lowest BCUT2D eigenvalue weighted by Crippen LogP contribution is -2.30. The van der Waals surface area contributed by atoms with Gasteiger partial charge in [0.25, 0.3) is 11.1 Å². The topological polar surface area (TPSA) is 81.2 Å². The van der Waals surface area contributed by atoms with Crippen LogP contribution in [0.15, 0.2) is 50.7 Å². The molecular formula is C17H16ClN3O3S. The summed E-state index contributed by atoms with van der Waals surface area (Å²) in [5, 5.41) is 11.5. The number of hydrogen-bond donors (Lipinski definition) is 1. The SMILES string of the molecule is Cc1occc1-c1nnc(SC(C)C(=O)NCc2ccc(Cl)cc2)o1. The minimum atomic E-state index is -0.369. The number of thioether (sulfide) groups is 1. The van der Waals surface area contributed by atoms with E-state index in [-0.39, 0.29) is 11.2 Å². The highest BCUT2D eigenvalue weighted by Crippen LogP contribution is 2.28. The van der Waals surface area contributed by atoms with E-state index in [9.17, 15) is 4.79 Å². The Morgan fingerprint density at radius 1 is 1.28 bits per heavy atom. The molecule has 2 heterocycles. The van der Waals surface area contributed by atoms with E-state index in [0.717, 1.165) is 11.1 Å². The van der Waals surface area contributed by atoms with E-state index in [1.165, 1.54) is 11.8 Å². The quantitative estimate of drug-likeness (QED) is 0.651. The van der Waals surface area contributed by atoms with E-state index < -0.39 is 0 Å². The van der Waals surface area contributed by atoms with E-state index >= 15 is 0 Å². The average molecular weight is 378 g/mol. The molecule has 25 heavy (non-hydrogen) atoms. The first-order valence-electron chi connectivity index (χ1n) is 7.59. The Balaban J connectivity index is 1.55. The van der Waals surface area contributed by atoms with Gasteiger partial charge in [0.1, 0.15) is 5.76 Å². The molecule has 1 amide bonds. The smallest absolute Gasteiger partial charge is 0.277 e. The Morgan fingerprint density at radius 3 is 2.72 bits per heavy atom. The van der Waals surface area contributed by atoms with Crippen LogP contribution in [0.1, 0.15) is 18.2 Å². The Bertz CT molecular complexity index is 860. The summed E-state index contributed by atoms with van der Waals surface area (Å²) in [5.74, 6) is 0.968. The molecule has 2 aromatic heterocycles. The van der Waals surface area contributed by atoms with Crippen LogP contribution in [-0.2, 0) is 11.3 Å². The molecule has 0 spiro atoms. The third-order valence-electron chi connectivity index (χ3n) is 3.52. The summed E-state index contributed by atoms with van der Waals surface area (Å²) < 4.78 is 10.8. The molecule has 3 aromatic rings. The number of rotatable bonds is 6. The normalized spacial score (nSPS) is 12.1. The summed E-state index contributed by atoms with van der Waals surface area (Å²) in [4.78, 5) is 12.2. The molecule has 1 unspecified atom stereocenters. The van der Waals surface area contributed by atoms with Crippen molar-refractivity contribution in [2.75, 3.05) is 0 Å². The summed E-state index contributed by atoms with van der Waals surface area (Å²) in [6, 6.07) is 9.09. The van der Waals surface area contributed by atoms with Crippen molar-refractivity contribution in [1.82, 2.24) is 15.5 Å². The van der Waals surface area contributed by atoms with Crippen LogP contribution in [0.2, 0.25) is 5.02 Å². The fourth-order valence-corrected chi connectivity index (χ4v) is 2.95. The van der Waals surface area contributed by atoms with Gasteiger partial charge in [0.05, 0.1) is 17.1 Å². The molecule has 1 aromatic carbocycles. The van der Waals surface area contributed by atoms with Gasteiger partial charge in [-0.3, -0.25) is 4.79 Å². The molecule has 8 heteroatoms. The van der Waals surface area contributed by atoms with Crippen molar-refractivity contribution in [3.63, 3.8) is 0 Å². The second-order valence-electron chi connectivity index (χ2n) is 5.37. The number of halogens is 1. The van der Waals surface area contributed by atoms with Gasteiger partial charge in [-0.25, -0.2) is 0 Å². The van der Waals surface area contributed by atoms with E-state index in [1.807, 2.05) is 19.1 Å². The van der Waals surface area contributed by atoms with E-state index in [2.05, 4.69) is 15.5 Å². The first kappa shape index (κ1) is 17.6. The molecule has 0 fully saturated rings. The number of benzene rings is 1. The molecule has 0 saturated heterocycles. The lowest BCUT2D eigenvalue weighted by molar-refractivity contribution is -0.120. The van der Waals surface area contributed by atoms with Crippen LogP contribution < -0.4 is 5.32 Å². The number of nitrogens with one attached hydrogen (secondary N) is 1. The standard InChI is InChI=1S/C17H16ClN3O3S/c1-10-14(7-8-23-10)16-20-21-17(24-16)25-11(2)15(22)19-9-12-3-5-13(18)6-4-12/h3-8,11H,9H2,1-2H3,(H,19,22). The third kappa shape index (κ3) is 4.43. The second-order valence-corrected chi connectivity index (χ2v) is 7.10. The minimum absolute atomic E-state index is 0.112. The monoisotopic (exact) mass is 377 g/mol. The number of aromatic nitrogens is 2. The minimum Gasteiger partial charge on any atom is -0.469 e. The lowest BCUT2D eigenvalue weighted by Gasteiger charge is -2.10. The summed E-state index contributed by atoms with van der Waals surface area (Å²) in [7, 11) is 0. The maximum Gasteiger partial charge on any atom is 0.277 e. The summed E-state index contributed by atoms with van der Waals surface area (Å²) in [6.45, 7) is 4.04. The molecule has 0 radical (unpaired) electrons. The highest BCUT2D eigenvalue weighted by Gasteiger charge is 2.19.